The predicted octanol–water partition coefficient (Wildman–Crippen LogP) is 3.87. The number of aromatic nitrogens is 2. The average molecular weight is 394 g/mol. The Labute approximate surface area is 166 Å². The highest BCUT2D eigenvalue weighted by Crippen LogP contribution is 2.19. The van der Waals surface area contributed by atoms with E-state index in [9.17, 15) is 19.3 Å². The molecule has 0 bridgehead atoms. The van der Waals surface area contributed by atoms with Crippen LogP contribution in [0, 0.1) is 29.8 Å². The quantitative estimate of drug-likeness (QED) is 0.390. The Bertz CT molecular complexity index is 1070. The molecule has 0 aliphatic carbocycles. The fourth-order valence-corrected chi connectivity index (χ4v) is 2.87. The van der Waals surface area contributed by atoms with Gasteiger partial charge in [-0.2, -0.15) is 5.10 Å². The Morgan fingerprint density at radius 3 is 2.45 bits per heavy atom. The Kier molecular flexibility index (Phi) is 5.82. The van der Waals surface area contributed by atoms with Crippen LogP contribution < -0.4 is 5.32 Å². The Morgan fingerprint density at radius 2 is 1.83 bits per heavy atom. The van der Waals surface area contributed by atoms with Gasteiger partial charge in [-0.05, 0) is 49.8 Å². The summed E-state index contributed by atoms with van der Waals surface area (Å²) in [4.78, 5) is 22.3. The van der Waals surface area contributed by atoms with Crippen LogP contribution in [0.5, 0.6) is 0 Å². The zero-order valence-corrected chi connectivity index (χ0v) is 15.9. The van der Waals surface area contributed by atoms with Crippen LogP contribution in [0.4, 0.5) is 10.1 Å². The summed E-state index contributed by atoms with van der Waals surface area (Å²) in [5.41, 5.74) is 3.87. The second-order valence-electron chi connectivity index (χ2n) is 6.45. The Hall–Kier alpha value is -3.81. The van der Waals surface area contributed by atoms with Crippen molar-refractivity contribution in [1.29, 1.82) is 0 Å². The van der Waals surface area contributed by atoms with Crippen LogP contribution in [0.1, 0.15) is 22.5 Å². The minimum absolute atomic E-state index is 0.00379. The number of carbonyl (C=O) groups is 1. The summed E-state index contributed by atoms with van der Waals surface area (Å²) in [6, 6.07) is 12.0. The van der Waals surface area contributed by atoms with Gasteiger partial charge in [-0.1, -0.05) is 12.1 Å². The molecule has 1 heterocycles. The maximum absolute atomic E-state index is 13.1. The first-order valence-electron chi connectivity index (χ1n) is 8.86. The highest BCUT2D eigenvalue weighted by molar-refractivity contribution is 5.92. The van der Waals surface area contributed by atoms with Crippen LogP contribution in [0.3, 0.4) is 0 Å². The molecular formula is C21H19FN4O3. The smallest absolute Gasteiger partial charge is 0.269 e. The molecule has 8 heteroatoms. The number of halogens is 1. The van der Waals surface area contributed by atoms with E-state index < -0.39 is 4.92 Å². The molecule has 29 heavy (non-hydrogen) atoms. The maximum atomic E-state index is 13.1. The number of rotatable bonds is 6. The molecule has 1 N–H and O–H groups in total. The summed E-state index contributed by atoms with van der Waals surface area (Å²) in [6.07, 6.45) is 3.10. The predicted molar refractivity (Wildman–Crippen MR) is 107 cm³/mol. The average Bonchev–Trinajstić information content (AvgIpc) is 2.99. The van der Waals surface area contributed by atoms with Crippen LogP contribution in [-0.2, 0) is 11.3 Å². The van der Waals surface area contributed by atoms with E-state index in [1.807, 2.05) is 13.8 Å². The van der Waals surface area contributed by atoms with Crippen molar-refractivity contribution in [1.82, 2.24) is 15.1 Å². The minimum atomic E-state index is -0.470. The van der Waals surface area contributed by atoms with Crippen molar-refractivity contribution >= 4 is 17.7 Å². The summed E-state index contributed by atoms with van der Waals surface area (Å²) in [5, 5.41) is 17.9. The van der Waals surface area contributed by atoms with E-state index in [1.165, 1.54) is 30.3 Å². The number of hydrogen-bond donors (Lipinski definition) is 1. The van der Waals surface area contributed by atoms with E-state index in [0.717, 1.165) is 28.2 Å². The van der Waals surface area contributed by atoms with Gasteiger partial charge in [0.05, 0.1) is 16.3 Å². The van der Waals surface area contributed by atoms with Crippen molar-refractivity contribution in [3.63, 3.8) is 0 Å². The molecule has 0 aliphatic heterocycles. The maximum Gasteiger partial charge on any atom is 0.269 e. The monoisotopic (exact) mass is 394 g/mol. The van der Waals surface area contributed by atoms with Gasteiger partial charge in [-0.3, -0.25) is 14.9 Å². The van der Waals surface area contributed by atoms with E-state index in [-0.39, 0.29) is 24.0 Å². The third-order valence-corrected chi connectivity index (χ3v) is 4.43. The normalized spacial score (nSPS) is 11.0. The highest BCUT2D eigenvalue weighted by Gasteiger charge is 2.11. The first-order chi connectivity index (χ1) is 13.8. The molecule has 0 saturated carbocycles. The van der Waals surface area contributed by atoms with Crippen molar-refractivity contribution in [2.75, 3.05) is 0 Å². The number of aryl methyl sites for hydroxylation is 1. The number of amides is 1. The lowest BCUT2D eigenvalue weighted by Crippen LogP contribution is -2.20. The van der Waals surface area contributed by atoms with Gasteiger partial charge in [0.25, 0.3) is 5.69 Å². The van der Waals surface area contributed by atoms with Crippen molar-refractivity contribution in [2.45, 2.75) is 20.4 Å². The molecule has 0 radical (unpaired) electrons. The molecule has 0 atom stereocenters. The van der Waals surface area contributed by atoms with Crippen LogP contribution >= 0.6 is 0 Å². The summed E-state index contributed by atoms with van der Waals surface area (Å²) in [5.74, 6) is -0.614. The second-order valence-corrected chi connectivity index (χ2v) is 6.45. The van der Waals surface area contributed by atoms with Crippen molar-refractivity contribution in [3.8, 4) is 5.69 Å². The van der Waals surface area contributed by atoms with Crippen LogP contribution in [-0.4, -0.2) is 20.6 Å². The summed E-state index contributed by atoms with van der Waals surface area (Å²) >= 11 is 0. The SMILES string of the molecule is Cc1nn(-c2ccc(F)cc2)c(C)c1/C=C/C(=O)NCc1ccc([N+](=O)[O-])cc1. The number of nitrogens with one attached hydrogen (secondary N) is 1. The molecule has 0 fully saturated rings. The van der Waals surface area contributed by atoms with Crippen LogP contribution in [0.15, 0.2) is 54.6 Å². The number of nitro benzene ring substituents is 1. The van der Waals surface area contributed by atoms with Gasteiger partial charge >= 0.3 is 0 Å². The van der Waals surface area contributed by atoms with Gasteiger partial charge in [0.1, 0.15) is 5.82 Å². The summed E-state index contributed by atoms with van der Waals surface area (Å²) < 4.78 is 14.8. The second kappa shape index (κ2) is 8.47. The minimum Gasteiger partial charge on any atom is -0.348 e. The third kappa shape index (κ3) is 4.73. The molecule has 0 aliphatic rings. The van der Waals surface area contributed by atoms with Crippen molar-refractivity contribution in [2.24, 2.45) is 0 Å². The number of nitrogens with zero attached hydrogens (tertiary/aromatic N) is 3. The largest absolute Gasteiger partial charge is 0.348 e. The third-order valence-electron chi connectivity index (χ3n) is 4.43. The van der Waals surface area contributed by atoms with Crippen molar-refractivity contribution < 1.29 is 14.1 Å². The van der Waals surface area contributed by atoms with E-state index in [2.05, 4.69) is 10.4 Å². The number of non-ortho nitro benzene ring substituents is 1. The molecular weight excluding hydrogens is 375 g/mol. The number of benzene rings is 2. The molecule has 1 amide bonds. The fourth-order valence-electron chi connectivity index (χ4n) is 2.87. The Morgan fingerprint density at radius 1 is 1.17 bits per heavy atom. The van der Waals surface area contributed by atoms with Gasteiger partial charge in [0, 0.05) is 36.0 Å². The van der Waals surface area contributed by atoms with E-state index in [0.29, 0.717) is 0 Å². The lowest BCUT2D eigenvalue weighted by atomic mass is 10.1. The molecule has 3 rings (SSSR count). The lowest BCUT2D eigenvalue weighted by molar-refractivity contribution is -0.384. The van der Waals surface area contributed by atoms with Gasteiger partial charge in [-0.15, -0.1) is 0 Å². The van der Waals surface area contributed by atoms with Crippen LogP contribution in [0.25, 0.3) is 11.8 Å². The fraction of sp³-hybridized carbons (Fsp3) is 0.143. The molecule has 0 saturated heterocycles. The first kappa shape index (κ1) is 19.9. The van der Waals surface area contributed by atoms with Gasteiger partial charge in [-0.25, -0.2) is 9.07 Å². The molecule has 1 aromatic heterocycles. The zero-order chi connectivity index (χ0) is 21.0. The van der Waals surface area contributed by atoms with Gasteiger partial charge in [0.15, 0.2) is 0 Å². The Balaban J connectivity index is 1.67. The molecule has 3 aromatic rings. The van der Waals surface area contributed by atoms with E-state index in [1.54, 1.807) is 35.0 Å². The topological polar surface area (TPSA) is 90.1 Å². The molecule has 0 spiro atoms. The van der Waals surface area contributed by atoms with E-state index in [4.69, 9.17) is 0 Å². The molecule has 0 unspecified atom stereocenters. The first-order valence-corrected chi connectivity index (χ1v) is 8.86. The standard InChI is InChI=1S/C21H19FN4O3/c1-14-20(15(2)25(24-14)18-9-5-17(22)6-10-18)11-12-21(27)23-13-16-3-7-19(8-4-16)26(28)29/h3-12H,13H2,1-2H3,(H,23,27)/b12-11+. The number of hydrogen-bond acceptors (Lipinski definition) is 4. The van der Waals surface area contributed by atoms with Crippen LogP contribution in [0.2, 0.25) is 0 Å². The number of nitro groups is 1. The number of carbonyl (C=O) groups excluding carboxylic acids is 1. The van der Waals surface area contributed by atoms with Crippen molar-refractivity contribution in [3.05, 3.63) is 93.1 Å². The summed E-state index contributed by atoms with van der Waals surface area (Å²) in [6.45, 7) is 3.97. The molecule has 2 aromatic carbocycles. The highest BCUT2D eigenvalue weighted by atomic mass is 19.1. The lowest BCUT2D eigenvalue weighted by Gasteiger charge is -2.04. The van der Waals surface area contributed by atoms with Gasteiger partial charge in [0.2, 0.25) is 5.91 Å². The molecule has 148 valence electrons. The van der Waals surface area contributed by atoms with E-state index >= 15 is 0 Å². The zero-order valence-electron chi connectivity index (χ0n) is 15.9. The molecule has 7 nitrogen and oxygen atoms in total. The van der Waals surface area contributed by atoms with Gasteiger partial charge < -0.3 is 5.32 Å². The summed E-state index contributed by atoms with van der Waals surface area (Å²) in [7, 11) is 0.